The number of ether oxygens (including phenoxy) is 1. The summed E-state index contributed by atoms with van der Waals surface area (Å²) in [5.41, 5.74) is -0.656. The van der Waals surface area contributed by atoms with Gasteiger partial charge in [-0.15, -0.1) is 0 Å². The van der Waals surface area contributed by atoms with E-state index in [-0.39, 0.29) is 5.75 Å². The molecule has 20 heavy (non-hydrogen) atoms. The van der Waals surface area contributed by atoms with Crippen LogP contribution in [0.15, 0.2) is 0 Å². The van der Waals surface area contributed by atoms with Crippen molar-refractivity contribution in [2.24, 2.45) is 5.92 Å². The highest BCUT2D eigenvalue weighted by Gasteiger charge is 2.35. The Balaban J connectivity index is 5.04. The number of aliphatic carboxylic acids is 1. The van der Waals surface area contributed by atoms with Gasteiger partial charge in [-0.1, -0.05) is 6.92 Å². The SMILES string of the molecule is CC(CS(C)(=O)=O)C(C(=O)O)N(C)C(O)OC(C)(C)C. The smallest absolute Gasteiger partial charge is 0.321 e. The lowest BCUT2D eigenvalue weighted by molar-refractivity contribution is -0.245. The second-order valence-electron chi connectivity index (χ2n) is 6.07. The zero-order valence-corrected chi connectivity index (χ0v) is 13.6. The van der Waals surface area contributed by atoms with E-state index in [0.29, 0.717) is 0 Å². The van der Waals surface area contributed by atoms with E-state index in [1.54, 1.807) is 20.8 Å². The first-order valence-electron chi connectivity index (χ1n) is 6.23. The van der Waals surface area contributed by atoms with Gasteiger partial charge in [-0.2, -0.15) is 0 Å². The maximum absolute atomic E-state index is 11.3. The number of likely N-dealkylation sites (N-methyl/N-ethyl adjacent to an activating group) is 1. The third-order valence-corrected chi connectivity index (χ3v) is 3.74. The number of aliphatic hydroxyl groups excluding tert-OH is 1. The molecule has 0 aromatic heterocycles. The normalized spacial score (nSPS) is 17.8. The van der Waals surface area contributed by atoms with Gasteiger partial charge in [-0.05, 0) is 33.7 Å². The van der Waals surface area contributed by atoms with E-state index in [0.717, 1.165) is 11.2 Å². The molecule has 2 N–H and O–H groups in total. The molecular weight excluding hydrogens is 286 g/mol. The van der Waals surface area contributed by atoms with Gasteiger partial charge in [0.15, 0.2) is 0 Å². The Bertz CT molecular complexity index is 428. The summed E-state index contributed by atoms with van der Waals surface area (Å²) < 4.78 is 27.8. The molecule has 120 valence electrons. The minimum absolute atomic E-state index is 0.281. The first-order valence-corrected chi connectivity index (χ1v) is 8.29. The van der Waals surface area contributed by atoms with Crippen molar-refractivity contribution in [1.29, 1.82) is 0 Å². The maximum atomic E-state index is 11.3. The van der Waals surface area contributed by atoms with E-state index in [4.69, 9.17) is 4.74 Å². The fourth-order valence-corrected chi connectivity index (χ4v) is 3.06. The van der Waals surface area contributed by atoms with Crippen molar-refractivity contribution in [3.63, 3.8) is 0 Å². The number of sulfone groups is 1. The molecule has 0 saturated heterocycles. The zero-order valence-electron chi connectivity index (χ0n) is 12.8. The van der Waals surface area contributed by atoms with Crippen LogP contribution < -0.4 is 0 Å². The van der Waals surface area contributed by atoms with Crippen LogP contribution in [0.3, 0.4) is 0 Å². The fraction of sp³-hybridized carbons (Fsp3) is 0.917. The Morgan fingerprint density at radius 2 is 1.80 bits per heavy atom. The zero-order chi connectivity index (χ0) is 16.3. The molecule has 0 aliphatic rings. The molecular formula is C12H25NO6S. The molecule has 3 unspecified atom stereocenters. The second kappa shape index (κ2) is 6.84. The van der Waals surface area contributed by atoms with Gasteiger partial charge in [0.2, 0.25) is 6.41 Å². The largest absolute Gasteiger partial charge is 0.480 e. The van der Waals surface area contributed by atoms with Gasteiger partial charge in [-0.3, -0.25) is 4.79 Å². The van der Waals surface area contributed by atoms with E-state index >= 15 is 0 Å². The molecule has 7 nitrogen and oxygen atoms in total. The van der Waals surface area contributed by atoms with Gasteiger partial charge >= 0.3 is 5.97 Å². The third-order valence-electron chi connectivity index (χ3n) is 2.60. The maximum Gasteiger partial charge on any atom is 0.321 e. The van der Waals surface area contributed by atoms with Crippen molar-refractivity contribution in [1.82, 2.24) is 4.90 Å². The van der Waals surface area contributed by atoms with Crippen LogP contribution in [-0.4, -0.2) is 66.6 Å². The summed E-state index contributed by atoms with van der Waals surface area (Å²) in [6, 6.07) is -1.16. The highest BCUT2D eigenvalue weighted by molar-refractivity contribution is 7.90. The van der Waals surface area contributed by atoms with Crippen LogP contribution in [0.1, 0.15) is 27.7 Å². The van der Waals surface area contributed by atoms with Gasteiger partial charge in [-0.25, -0.2) is 13.3 Å². The lowest BCUT2D eigenvalue weighted by Gasteiger charge is -2.35. The molecule has 0 heterocycles. The van der Waals surface area contributed by atoms with Gasteiger partial charge in [0, 0.05) is 6.26 Å². The second-order valence-corrected chi connectivity index (χ2v) is 8.26. The van der Waals surface area contributed by atoms with Gasteiger partial charge in [0.25, 0.3) is 0 Å². The Kier molecular flexibility index (Phi) is 6.60. The van der Waals surface area contributed by atoms with E-state index in [2.05, 4.69) is 0 Å². The van der Waals surface area contributed by atoms with Crippen LogP contribution in [0.5, 0.6) is 0 Å². The molecule has 0 rings (SSSR count). The van der Waals surface area contributed by atoms with Crippen molar-refractivity contribution in [2.45, 2.75) is 45.8 Å². The summed E-state index contributed by atoms with van der Waals surface area (Å²) in [6.07, 6.45) is -0.386. The average molecular weight is 311 g/mol. The summed E-state index contributed by atoms with van der Waals surface area (Å²) in [5.74, 6) is -2.18. The van der Waals surface area contributed by atoms with Crippen molar-refractivity contribution in [2.75, 3.05) is 19.1 Å². The van der Waals surface area contributed by atoms with Gasteiger partial charge < -0.3 is 14.9 Å². The highest BCUT2D eigenvalue weighted by Crippen LogP contribution is 2.18. The Hall–Kier alpha value is -0.700. The molecule has 0 aromatic carbocycles. The van der Waals surface area contributed by atoms with Crippen LogP contribution in [0.25, 0.3) is 0 Å². The topological polar surface area (TPSA) is 104 Å². The predicted octanol–water partition coefficient (Wildman–Crippen LogP) is 0.143. The quantitative estimate of drug-likeness (QED) is 0.645. The Labute approximate surface area is 120 Å². The molecule has 0 aliphatic carbocycles. The monoisotopic (exact) mass is 311 g/mol. The van der Waals surface area contributed by atoms with Crippen molar-refractivity contribution >= 4 is 15.8 Å². The number of carbonyl (C=O) groups is 1. The lowest BCUT2D eigenvalue weighted by Crippen LogP contribution is -2.52. The first-order chi connectivity index (χ1) is 8.74. The number of nitrogens with zero attached hydrogens (tertiary/aromatic N) is 1. The van der Waals surface area contributed by atoms with Crippen LogP contribution >= 0.6 is 0 Å². The Morgan fingerprint density at radius 3 is 2.10 bits per heavy atom. The third kappa shape index (κ3) is 7.18. The molecule has 0 amide bonds. The lowest BCUT2D eigenvalue weighted by atomic mass is 10.0. The summed E-state index contributed by atoms with van der Waals surface area (Å²) in [6.45, 7) is 6.68. The van der Waals surface area contributed by atoms with Crippen molar-refractivity contribution in [3.8, 4) is 0 Å². The number of rotatable bonds is 7. The molecule has 0 saturated carbocycles. The average Bonchev–Trinajstić information content (AvgIpc) is 2.10. The van der Waals surface area contributed by atoms with Crippen molar-refractivity contribution in [3.05, 3.63) is 0 Å². The number of hydrogen-bond donors (Lipinski definition) is 2. The first kappa shape index (κ1) is 19.3. The molecule has 0 radical (unpaired) electrons. The fourth-order valence-electron chi connectivity index (χ4n) is 1.92. The molecule has 3 atom stereocenters. The standard InChI is InChI=1S/C12H25NO6S/c1-8(7-20(6,17)18)9(10(14)15)13(5)11(16)19-12(2,3)4/h8-9,11,16H,7H2,1-6H3,(H,14,15). The number of aliphatic hydroxyl groups is 1. The van der Waals surface area contributed by atoms with Crippen LogP contribution in [0.4, 0.5) is 0 Å². The predicted molar refractivity (Wildman–Crippen MR) is 74.9 cm³/mol. The molecule has 0 bridgehead atoms. The number of carboxylic acid groups (broad SMARTS) is 1. The highest BCUT2D eigenvalue weighted by atomic mass is 32.2. The minimum atomic E-state index is -3.31. The molecule has 0 fully saturated rings. The number of hydrogen-bond acceptors (Lipinski definition) is 6. The van der Waals surface area contributed by atoms with Crippen LogP contribution in [-0.2, 0) is 19.4 Å². The van der Waals surface area contributed by atoms with Gasteiger partial charge in [0.1, 0.15) is 15.9 Å². The van der Waals surface area contributed by atoms with E-state index < -0.39 is 39.8 Å². The molecule has 0 aliphatic heterocycles. The van der Waals surface area contributed by atoms with E-state index in [1.807, 2.05) is 0 Å². The van der Waals surface area contributed by atoms with Crippen molar-refractivity contribution < 1.29 is 28.2 Å². The molecule has 0 aromatic rings. The summed E-state index contributed by atoms with van der Waals surface area (Å²) in [7, 11) is -1.93. The number of carboxylic acids is 1. The minimum Gasteiger partial charge on any atom is -0.480 e. The molecule has 8 heteroatoms. The van der Waals surface area contributed by atoms with Gasteiger partial charge in [0.05, 0.1) is 11.4 Å². The van der Waals surface area contributed by atoms with E-state index in [9.17, 15) is 23.4 Å². The van der Waals surface area contributed by atoms with Crippen LogP contribution in [0.2, 0.25) is 0 Å². The Morgan fingerprint density at radius 1 is 1.35 bits per heavy atom. The summed E-state index contributed by atoms with van der Waals surface area (Å²) in [4.78, 5) is 12.4. The van der Waals surface area contributed by atoms with Crippen LogP contribution in [0, 0.1) is 5.92 Å². The van der Waals surface area contributed by atoms with E-state index in [1.165, 1.54) is 14.0 Å². The summed E-state index contributed by atoms with van der Waals surface area (Å²) in [5, 5.41) is 19.2. The summed E-state index contributed by atoms with van der Waals surface area (Å²) >= 11 is 0. The molecule has 0 spiro atoms.